The second-order valence-corrected chi connectivity index (χ2v) is 7.78. The number of carboxylic acid groups (broad SMARTS) is 2. The third-order valence-electron chi connectivity index (χ3n) is 5.13. The lowest BCUT2D eigenvalue weighted by molar-refractivity contribution is -0.138. The van der Waals surface area contributed by atoms with E-state index in [4.69, 9.17) is 19.7 Å². The first kappa shape index (κ1) is 28.6. The third-order valence-corrected chi connectivity index (χ3v) is 5.13. The summed E-state index contributed by atoms with van der Waals surface area (Å²) in [7, 11) is 1.39. The number of rotatable bonds is 10. The number of nitrogens with zero attached hydrogens (tertiary/aromatic N) is 1. The van der Waals surface area contributed by atoms with Gasteiger partial charge in [0.15, 0.2) is 6.61 Å². The van der Waals surface area contributed by atoms with Crippen molar-refractivity contribution >= 4 is 40.4 Å². The highest BCUT2D eigenvalue weighted by Crippen LogP contribution is 2.35. The van der Waals surface area contributed by atoms with E-state index in [1.54, 1.807) is 12.1 Å². The lowest BCUT2D eigenvalue weighted by Gasteiger charge is -2.11. The smallest absolute Gasteiger partial charge is 0.322 e. The van der Waals surface area contributed by atoms with Crippen LogP contribution in [0.25, 0.3) is 10.9 Å². The molecule has 0 aliphatic rings. The molecular formula is C26H29N3O8. The molecule has 0 saturated heterocycles. The number of likely N-dealkylation sites (N-methyl/N-ethyl adjacent to an activating group) is 1. The van der Waals surface area contributed by atoms with E-state index in [2.05, 4.69) is 10.6 Å². The van der Waals surface area contributed by atoms with Crippen molar-refractivity contribution in [3.05, 3.63) is 65.4 Å². The molecule has 0 aliphatic heterocycles. The van der Waals surface area contributed by atoms with Crippen LogP contribution in [0, 0.1) is 0 Å². The number of benzene rings is 2. The molecule has 0 unspecified atom stereocenters. The maximum absolute atomic E-state index is 13.1. The molecule has 4 N–H and O–H groups in total. The van der Waals surface area contributed by atoms with Crippen molar-refractivity contribution < 1.29 is 38.9 Å². The first-order valence-corrected chi connectivity index (χ1v) is 11.4. The van der Waals surface area contributed by atoms with Gasteiger partial charge in [-0.1, -0.05) is 43.3 Å². The third kappa shape index (κ3) is 7.66. The number of carbonyl (C=O) groups excluding carboxylic acids is 3. The molecule has 1 aromatic heterocycles. The van der Waals surface area contributed by atoms with E-state index in [1.165, 1.54) is 7.05 Å². The summed E-state index contributed by atoms with van der Waals surface area (Å²) in [5.74, 6) is -3.82. The molecular weight excluding hydrogens is 482 g/mol. The number of carboxylic acids is 2. The van der Waals surface area contributed by atoms with E-state index < -0.39 is 42.7 Å². The Kier molecular flexibility index (Phi) is 10.4. The SMILES string of the molecule is CC(=O)O.CCc1c(C(=O)C(=O)NC)c2c(OCC(=O)NCC(=O)O)cccc2n1Cc1ccccc1. The molecule has 0 fully saturated rings. The first-order chi connectivity index (χ1) is 17.6. The van der Waals surface area contributed by atoms with Gasteiger partial charge in [-0.25, -0.2) is 0 Å². The molecule has 11 heteroatoms. The largest absolute Gasteiger partial charge is 0.483 e. The van der Waals surface area contributed by atoms with Crippen molar-refractivity contribution in [2.45, 2.75) is 26.8 Å². The van der Waals surface area contributed by atoms with Crippen molar-refractivity contribution in [2.24, 2.45) is 0 Å². The summed E-state index contributed by atoms with van der Waals surface area (Å²) >= 11 is 0. The summed E-state index contributed by atoms with van der Waals surface area (Å²) < 4.78 is 7.65. The lowest BCUT2D eigenvalue weighted by atomic mass is 10.0. The van der Waals surface area contributed by atoms with Crippen LogP contribution < -0.4 is 15.4 Å². The Labute approximate surface area is 213 Å². The Bertz CT molecular complexity index is 1290. The normalized spacial score (nSPS) is 10.1. The topological polar surface area (TPSA) is 164 Å². The number of aromatic nitrogens is 1. The fourth-order valence-corrected chi connectivity index (χ4v) is 3.70. The highest BCUT2D eigenvalue weighted by molar-refractivity contribution is 6.45. The molecule has 0 aliphatic carbocycles. The van der Waals surface area contributed by atoms with E-state index in [1.807, 2.05) is 47.9 Å². The predicted molar refractivity (Wildman–Crippen MR) is 135 cm³/mol. The van der Waals surface area contributed by atoms with Crippen LogP contribution in [-0.2, 0) is 32.1 Å². The summed E-state index contributed by atoms with van der Waals surface area (Å²) in [6.07, 6.45) is 0.484. The summed E-state index contributed by atoms with van der Waals surface area (Å²) in [5, 5.41) is 21.2. The van der Waals surface area contributed by atoms with Gasteiger partial charge >= 0.3 is 5.97 Å². The predicted octanol–water partition coefficient (Wildman–Crippen LogP) is 1.85. The number of aliphatic carboxylic acids is 2. The van der Waals surface area contributed by atoms with Crippen molar-refractivity contribution in [3.63, 3.8) is 0 Å². The van der Waals surface area contributed by atoms with Gasteiger partial charge < -0.3 is 30.2 Å². The van der Waals surface area contributed by atoms with Crippen LogP contribution in [0.4, 0.5) is 0 Å². The van der Waals surface area contributed by atoms with Gasteiger partial charge in [0, 0.05) is 26.2 Å². The average Bonchev–Trinajstić information content (AvgIpc) is 3.19. The van der Waals surface area contributed by atoms with Crippen molar-refractivity contribution in [1.82, 2.24) is 15.2 Å². The standard InChI is InChI=1S/C24H25N3O6.C2H4O2/c1-3-16-22(23(31)24(32)25-2)21-17(27(16)13-15-8-5-4-6-9-15)10-7-11-18(21)33-14-19(28)26-12-20(29)30;1-2(3)4/h4-11H,3,12-14H2,1-2H3,(H,25,32)(H,26,28)(H,29,30);1H3,(H,3,4). The van der Waals surface area contributed by atoms with Crippen molar-refractivity contribution in [3.8, 4) is 5.75 Å². The Hall–Kier alpha value is -4.67. The maximum atomic E-state index is 13.1. The van der Waals surface area contributed by atoms with Gasteiger partial charge in [-0.2, -0.15) is 0 Å². The fourth-order valence-electron chi connectivity index (χ4n) is 3.70. The molecule has 0 radical (unpaired) electrons. The van der Waals surface area contributed by atoms with Gasteiger partial charge in [-0.05, 0) is 24.1 Å². The summed E-state index contributed by atoms with van der Waals surface area (Å²) in [5.41, 5.74) is 2.60. The molecule has 196 valence electrons. The fraction of sp³-hybridized carbons (Fsp3) is 0.269. The number of nitrogens with one attached hydrogen (secondary N) is 2. The molecule has 0 atom stereocenters. The van der Waals surface area contributed by atoms with Crippen molar-refractivity contribution in [1.29, 1.82) is 0 Å². The number of amides is 2. The van der Waals surface area contributed by atoms with Crippen LogP contribution in [0.2, 0.25) is 0 Å². The number of hydrogen-bond donors (Lipinski definition) is 4. The molecule has 37 heavy (non-hydrogen) atoms. The number of ketones is 1. The summed E-state index contributed by atoms with van der Waals surface area (Å²) in [4.78, 5) is 57.0. The zero-order valence-electron chi connectivity index (χ0n) is 20.7. The monoisotopic (exact) mass is 511 g/mol. The average molecular weight is 512 g/mol. The number of carbonyl (C=O) groups is 5. The van der Waals surface area contributed by atoms with Gasteiger partial charge in [0.1, 0.15) is 12.3 Å². The van der Waals surface area contributed by atoms with E-state index in [0.29, 0.717) is 29.6 Å². The van der Waals surface area contributed by atoms with Gasteiger partial charge in [0.2, 0.25) is 0 Å². The second kappa shape index (κ2) is 13.4. The summed E-state index contributed by atoms with van der Waals surface area (Å²) in [6, 6.07) is 14.9. The maximum Gasteiger partial charge on any atom is 0.322 e. The second-order valence-electron chi connectivity index (χ2n) is 7.78. The van der Waals surface area contributed by atoms with Crippen molar-refractivity contribution in [2.75, 3.05) is 20.2 Å². The molecule has 1 heterocycles. The first-order valence-electron chi connectivity index (χ1n) is 11.4. The Morgan fingerprint density at radius 1 is 0.973 bits per heavy atom. The molecule has 2 aromatic carbocycles. The highest BCUT2D eigenvalue weighted by atomic mass is 16.5. The Morgan fingerprint density at radius 3 is 2.19 bits per heavy atom. The minimum absolute atomic E-state index is 0.226. The summed E-state index contributed by atoms with van der Waals surface area (Å²) in [6.45, 7) is 2.49. The Morgan fingerprint density at radius 2 is 1.62 bits per heavy atom. The number of hydrogen-bond acceptors (Lipinski definition) is 6. The van der Waals surface area contributed by atoms with E-state index in [0.717, 1.165) is 12.5 Å². The Balaban J connectivity index is 0.00000112. The number of fused-ring (bicyclic) bond motifs is 1. The molecule has 0 spiro atoms. The van der Waals surface area contributed by atoms with Crippen LogP contribution >= 0.6 is 0 Å². The quantitative estimate of drug-likeness (QED) is 0.237. The van der Waals surface area contributed by atoms with Crippen LogP contribution in [0.15, 0.2) is 48.5 Å². The van der Waals surface area contributed by atoms with Gasteiger partial charge in [-0.15, -0.1) is 0 Å². The van der Waals surface area contributed by atoms with Crippen LogP contribution in [0.5, 0.6) is 5.75 Å². The zero-order valence-corrected chi connectivity index (χ0v) is 20.7. The van der Waals surface area contributed by atoms with Gasteiger partial charge in [0.05, 0.1) is 16.5 Å². The highest BCUT2D eigenvalue weighted by Gasteiger charge is 2.28. The van der Waals surface area contributed by atoms with E-state index >= 15 is 0 Å². The molecule has 0 saturated carbocycles. The van der Waals surface area contributed by atoms with Crippen LogP contribution in [-0.4, -0.2) is 64.5 Å². The van der Waals surface area contributed by atoms with Gasteiger partial charge in [0.25, 0.3) is 23.6 Å². The van der Waals surface area contributed by atoms with Gasteiger partial charge in [-0.3, -0.25) is 24.0 Å². The molecule has 3 aromatic rings. The molecule has 2 amide bonds. The van der Waals surface area contributed by atoms with E-state index in [-0.39, 0.29) is 11.3 Å². The molecule has 3 rings (SSSR count). The minimum atomic E-state index is -1.17. The molecule has 0 bridgehead atoms. The van der Waals surface area contributed by atoms with Crippen LogP contribution in [0.1, 0.15) is 35.5 Å². The van der Waals surface area contributed by atoms with Crippen LogP contribution in [0.3, 0.4) is 0 Å². The minimum Gasteiger partial charge on any atom is -0.483 e. The van der Waals surface area contributed by atoms with E-state index in [9.17, 15) is 19.2 Å². The molecule has 11 nitrogen and oxygen atoms in total. The lowest BCUT2D eigenvalue weighted by Crippen LogP contribution is -2.33. The number of ether oxygens (including phenoxy) is 1. The zero-order chi connectivity index (χ0) is 27.5. The number of Topliss-reactive ketones (excluding diaryl/α,β-unsaturated/α-hetero) is 1.